The van der Waals surface area contributed by atoms with Crippen molar-refractivity contribution in [2.75, 3.05) is 19.6 Å². The van der Waals surface area contributed by atoms with Crippen molar-refractivity contribution in [1.82, 2.24) is 4.90 Å². The maximum Gasteiger partial charge on any atom is 0.0320 e. The molecule has 0 bridgehead atoms. The quantitative estimate of drug-likeness (QED) is 0.765. The van der Waals surface area contributed by atoms with Crippen LogP contribution in [0, 0.1) is 0 Å². The lowest BCUT2D eigenvalue weighted by Gasteiger charge is -2.28. The zero-order valence-electron chi connectivity index (χ0n) is 10.5. The molecule has 0 fully saturated rings. The molecule has 0 heterocycles. The second-order valence-corrected chi connectivity index (χ2v) is 4.26. The minimum Gasteiger partial charge on any atom is -0.329 e. The molecule has 16 heavy (non-hydrogen) atoms. The molecule has 0 spiro atoms. The molecule has 0 amide bonds. The van der Waals surface area contributed by atoms with E-state index in [0.29, 0.717) is 6.04 Å². The van der Waals surface area contributed by atoms with E-state index in [1.807, 2.05) is 0 Å². The molecule has 0 saturated heterocycles. The van der Waals surface area contributed by atoms with Gasteiger partial charge in [-0.2, -0.15) is 0 Å². The second kappa shape index (κ2) is 7.42. The van der Waals surface area contributed by atoms with Crippen LogP contribution in [-0.2, 0) is 0 Å². The fraction of sp³-hybridized carbons (Fsp3) is 0.571. The highest BCUT2D eigenvalue weighted by Crippen LogP contribution is 2.19. The van der Waals surface area contributed by atoms with Crippen molar-refractivity contribution in [1.29, 1.82) is 0 Å². The van der Waals surface area contributed by atoms with Crippen LogP contribution in [0.4, 0.5) is 0 Å². The number of benzene rings is 1. The molecule has 1 aromatic carbocycles. The van der Waals surface area contributed by atoms with Gasteiger partial charge in [0.05, 0.1) is 0 Å². The van der Waals surface area contributed by atoms with E-state index >= 15 is 0 Å². The van der Waals surface area contributed by atoms with E-state index in [0.717, 1.165) is 19.6 Å². The third-order valence-corrected chi connectivity index (χ3v) is 3.04. The summed E-state index contributed by atoms with van der Waals surface area (Å²) in [6, 6.07) is 11.1. The summed E-state index contributed by atoms with van der Waals surface area (Å²) in [7, 11) is 0. The topological polar surface area (TPSA) is 29.3 Å². The van der Waals surface area contributed by atoms with E-state index in [-0.39, 0.29) is 0 Å². The minimum atomic E-state index is 0.469. The minimum absolute atomic E-state index is 0.469. The van der Waals surface area contributed by atoms with E-state index in [1.165, 1.54) is 18.4 Å². The van der Waals surface area contributed by atoms with Crippen molar-refractivity contribution < 1.29 is 0 Å². The van der Waals surface area contributed by atoms with Gasteiger partial charge in [-0.15, -0.1) is 0 Å². The lowest BCUT2D eigenvalue weighted by Crippen LogP contribution is -2.32. The van der Waals surface area contributed by atoms with Crippen molar-refractivity contribution in [3.05, 3.63) is 35.9 Å². The Hall–Kier alpha value is -0.860. The molecule has 1 aromatic rings. The largest absolute Gasteiger partial charge is 0.329 e. The molecule has 0 aliphatic heterocycles. The summed E-state index contributed by atoms with van der Waals surface area (Å²) in [5.41, 5.74) is 7.06. The van der Waals surface area contributed by atoms with E-state index in [4.69, 9.17) is 5.73 Å². The van der Waals surface area contributed by atoms with Gasteiger partial charge in [0, 0.05) is 19.1 Å². The van der Waals surface area contributed by atoms with Gasteiger partial charge in [-0.25, -0.2) is 0 Å². The van der Waals surface area contributed by atoms with E-state index in [2.05, 4.69) is 49.1 Å². The van der Waals surface area contributed by atoms with Crippen LogP contribution < -0.4 is 5.73 Å². The predicted octanol–water partition coefficient (Wildman–Crippen LogP) is 2.81. The maximum absolute atomic E-state index is 5.68. The van der Waals surface area contributed by atoms with Crippen LogP contribution in [0.1, 0.15) is 38.3 Å². The van der Waals surface area contributed by atoms with E-state index in [9.17, 15) is 0 Å². The SMILES string of the molecule is CCCCN(CCN)C(C)c1ccccc1. The van der Waals surface area contributed by atoms with Crippen molar-refractivity contribution in [2.45, 2.75) is 32.7 Å². The molecule has 0 radical (unpaired) electrons. The van der Waals surface area contributed by atoms with E-state index < -0.39 is 0 Å². The summed E-state index contributed by atoms with van der Waals surface area (Å²) in [5, 5.41) is 0. The maximum atomic E-state index is 5.68. The van der Waals surface area contributed by atoms with Gasteiger partial charge in [-0.1, -0.05) is 43.7 Å². The molecule has 0 aliphatic rings. The van der Waals surface area contributed by atoms with Crippen LogP contribution in [0.15, 0.2) is 30.3 Å². The normalized spacial score (nSPS) is 13.0. The van der Waals surface area contributed by atoms with Crippen LogP contribution >= 0.6 is 0 Å². The highest BCUT2D eigenvalue weighted by Gasteiger charge is 2.13. The van der Waals surface area contributed by atoms with Gasteiger partial charge in [-0.05, 0) is 25.5 Å². The lowest BCUT2D eigenvalue weighted by molar-refractivity contribution is 0.213. The summed E-state index contributed by atoms with van der Waals surface area (Å²) in [6.45, 7) is 7.36. The molecule has 1 unspecified atom stereocenters. The van der Waals surface area contributed by atoms with Crippen LogP contribution in [0.25, 0.3) is 0 Å². The highest BCUT2D eigenvalue weighted by molar-refractivity contribution is 5.18. The molecule has 0 aliphatic carbocycles. The van der Waals surface area contributed by atoms with Crippen LogP contribution in [-0.4, -0.2) is 24.5 Å². The van der Waals surface area contributed by atoms with Crippen molar-refractivity contribution in [2.24, 2.45) is 5.73 Å². The van der Waals surface area contributed by atoms with Crippen LogP contribution in [0.2, 0.25) is 0 Å². The fourth-order valence-electron chi connectivity index (χ4n) is 1.97. The molecule has 2 nitrogen and oxygen atoms in total. The first kappa shape index (κ1) is 13.2. The third kappa shape index (κ3) is 3.95. The van der Waals surface area contributed by atoms with Crippen molar-refractivity contribution in [3.63, 3.8) is 0 Å². The molecule has 2 N–H and O–H groups in total. The van der Waals surface area contributed by atoms with Crippen LogP contribution in [0.5, 0.6) is 0 Å². The van der Waals surface area contributed by atoms with Crippen LogP contribution in [0.3, 0.4) is 0 Å². The molecular weight excluding hydrogens is 196 g/mol. The Kier molecular flexibility index (Phi) is 6.12. The zero-order valence-corrected chi connectivity index (χ0v) is 10.5. The van der Waals surface area contributed by atoms with Gasteiger partial charge in [0.1, 0.15) is 0 Å². The molecule has 0 aromatic heterocycles. The monoisotopic (exact) mass is 220 g/mol. The Morgan fingerprint density at radius 2 is 1.88 bits per heavy atom. The summed E-state index contributed by atoms with van der Waals surface area (Å²) in [5.74, 6) is 0. The number of nitrogens with zero attached hydrogens (tertiary/aromatic N) is 1. The molecule has 1 rings (SSSR count). The van der Waals surface area contributed by atoms with Gasteiger partial charge >= 0.3 is 0 Å². The Morgan fingerprint density at radius 1 is 1.19 bits per heavy atom. The molecular formula is C14H24N2. The third-order valence-electron chi connectivity index (χ3n) is 3.04. The summed E-state index contributed by atoms with van der Waals surface area (Å²) in [4.78, 5) is 2.47. The average molecular weight is 220 g/mol. The zero-order chi connectivity index (χ0) is 11.8. The summed E-state index contributed by atoms with van der Waals surface area (Å²) in [6.07, 6.45) is 2.49. The number of nitrogens with two attached hydrogens (primary N) is 1. The summed E-state index contributed by atoms with van der Waals surface area (Å²) < 4.78 is 0. The smallest absolute Gasteiger partial charge is 0.0320 e. The fourth-order valence-corrected chi connectivity index (χ4v) is 1.97. The van der Waals surface area contributed by atoms with Gasteiger partial charge in [0.15, 0.2) is 0 Å². The Labute approximate surface area is 99.5 Å². The number of rotatable bonds is 7. The first-order valence-corrected chi connectivity index (χ1v) is 6.28. The van der Waals surface area contributed by atoms with Gasteiger partial charge < -0.3 is 5.73 Å². The van der Waals surface area contributed by atoms with Crippen molar-refractivity contribution in [3.8, 4) is 0 Å². The number of unbranched alkanes of at least 4 members (excludes halogenated alkanes) is 1. The summed E-state index contributed by atoms with van der Waals surface area (Å²) >= 11 is 0. The van der Waals surface area contributed by atoms with Crippen molar-refractivity contribution >= 4 is 0 Å². The average Bonchev–Trinajstić information content (AvgIpc) is 2.35. The Bertz CT molecular complexity index is 271. The molecule has 2 heteroatoms. The standard InChI is InChI=1S/C14H24N2/c1-3-4-11-16(12-10-15)13(2)14-8-6-5-7-9-14/h5-9,13H,3-4,10-12,15H2,1-2H3. The highest BCUT2D eigenvalue weighted by atomic mass is 15.2. The molecule has 1 atom stereocenters. The van der Waals surface area contributed by atoms with E-state index in [1.54, 1.807) is 0 Å². The van der Waals surface area contributed by atoms with Gasteiger partial charge in [0.2, 0.25) is 0 Å². The first-order valence-electron chi connectivity index (χ1n) is 6.28. The number of hydrogen-bond donors (Lipinski definition) is 1. The number of hydrogen-bond acceptors (Lipinski definition) is 2. The Morgan fingerprint density at radius 3 is 2.44 bits per heavy atom. The second-order valence-electron chi connectivity index (χ2n) is 4.26. The Balaban J connectivity index is 2.62. The van der Waals surface area contributed by atoms with Gasteiger partial charge in [-0.3, -0.25) is 4.90 Å². The molecule has 90 valence electrons. The lowest BCUT2D eigenvalue weighted by atomic mass is 10.1. The van der Waals surface area contributed by atoms with Gasteiger partial charge in [0.25, 0.3) is 0 Å². The first-order chi connectivity index (χ1) is 7.79. The molecule has 0 saturated carbocycles. The predicted molar refractivity (Wildman–Crippen MR) is 70.4 cm³/mol.